The van der Waals surface area contributed by atoms with E-state index in [0.29, 0.717) is 12.5 Å². The summed E-state index contributed by atoms with van der Waals surface area (Å²) in [5, 5.41) is 11.0. The molecule has 7 aliphatic rings. The molecular formula is C30H48O. The van der Waals surface area contributed by atoms with Crippen molar-refractivity contribution in [2.45, 2.75) is 103 Å². The van der Waals surface area contributed by atoms with Crippen LogP contribution >= 0.6 is 0 Å². The minimum atomic E-state index is 0.531. The van der Waals surface area contributed by atoms with Crippen LogP contribution < -0.4 is 0 Å². The summed E-state index contributed by atoms with van der Waals surface area (Å²) < 4.78 is 0. The smallest absolute Gasteiger partial charge is 0.0464 e. The van der Waals surface area contributed by atoms with Gasteiger partial charge in [0.25, 0.3) is 0 Å². The lowest BCUT2D eigenvalue weighted by atomic mass is 9.46. The third-order valence-corrected chi connectivity index (χ3v) is 13.1. The second-order valence-electron chi connectivity index (χ2n) is 13.6. The Bertz CT molecular complexity index is 603. The number of hydrogen-bond acceptors (Lipinski definition) is 1. The van der Waals surface area contributed by atoms with E-state index < -0.39 is 0 Å². The Labute approximate surface area is 191 Å². The molecule has 0 radical (unpaired) electrons. The summed E-state index contributed by atoms with van der Waals surface area (Å²) in [5.74, 6) is 12.8. The molecule has 7 fully saturated rings. The van der Waals surface area contributed by atoms with Gasteiger partial charge in [0.2, 0.25) is 0 Å². The van der Waals surface area contributed by atoms with Crippen LogP contribution in [0.3, 0.4) is 0 Å². The van der Waals surface area contributed by atoms with Crippen LogP contribution in [0.5, 0.6) is 0 Å². The molecule has 1 nitrogen and oxygen atoms in total. The van der Waals surface area contributed by atoms with Gasteiger partial charge in [-0.1, -0.05) is 51.4 Å². The molecule has 0 aromatic heterocycles. The highest BCUT2D eigenvalue weighted by Crippen LogP contribution is 2.72. The molecule has 31 heavy (non-hydrogen) atoms. The maximum Gasteiger partial charge on any atom is 0.0464 e. The van der Waals surface area contributed by atoms with Gasteiger partial charge in [0.15, 0.2) is 0 Å². The molecule has 7 aliphatic carbocycles. The van der Waals surface area contributed by atoms with Crippen molar-refractivity contribution in [1.82, 2.24) is 0 Å². The standard InChI is InChI=1S/C30H48O/c31-17-26-27-22-13-5-1-9-18(22)20-11-3-7-15-24(20)29(27)30-25-16-8-4-12-21(25)19-10-2-6-14-23(19)28(26)30/h18-31H,1-17H2. The maximum absolute atomic E-state index is 11.0. The Hall–Kier alpha value is -0.0400. The van der Waals surface area contributed by atoms with Gasteiger partial charge in [0, 0.05) is 6.61 Å². The zero-order valence-corrected chi connectivity index (χ0v) is 20.0. The van der Waals surface area contributed by atoms with Crippen molar-refractivity contribution in [2.75, 3.05) is 6.61 Å². The molecule has 0 aliphatic heterocycles. The van der Waals surface area contributed by atoms with Gasteiger partial charge in [-0.2, -0.15) is 0 Å². The summed E-state index contributed by atoms with van der Waals surface area (Å²) >= 11 is 0. The second-order valence-corrected chi connectivity index (χ2v) is 13.6. The molecular weight excluding hydrogens is 376 g/mol. The van der Waals surface area contributed by atoms with E-state index >= 15 is 0 Å². The lowest BCUT2D eigenvalue weighted by Crippen LogP contribution is -2.52. The van der Waals surface area contributed by atoms with Crippen LogP contribution in [0.25, 0.3) is 0 Å². The highest BCUT2D eigenvalue weighted by Gasteiger charge is 2.67. The summed E-state index contributed by atoms with van der Waals surface area (Å²) in [4.78, 5) is 0. The summed E-state index contributed by atoms with van der Waals surface area (Å²) in [6.07, 6.45) is 24.5. The Morgan fingerprint density at radius 3 is 0.903 bits per heavy atom. The fraction of sp³-hybridized carbons (Fsp3) is 1.00. The summed E-state index contributed by atoms with van der Waals surface area (Å²) in [5.41, 5.74) is 0. The van der Waals surface area contributed by atoms with E-state index in [1.54, 1.807) is 38.5 Å². The first-order valence-electron chi connectivity index (χ1n) is 15.0. The highest BCUT2D eigenvalue weighted by atomic mass is 16.3. The number of hydrogen-bond donors (Lipinski definition) is 1. The Balaban J connectivity index is 1.34. The summed E-state index contributed by atoms with van der Waals surface area (Å²) in [7, 11) is 0. The minimum absolute atomic E-state index is 0.531. The fourth-order valence-electron chi connectivity index (χ4n) is 12.7. The van der Waals surface area contributed by atoms with Gasteiger partial charge in [0.05, 0.1) is 0 Å². The molecule has 7 rings (SSSR count). The van der Waals surface area contributed by atoms with Crippen molar-refractivity contribution in [3.8, 4) is 0 Å². The van der Waals surface area contributed by atoms with Crippen LogP contribution in [0.4, 0.5) is 0 Å². The topological polar surface area (TPSA) is 20.2 Å². The van der Waals surface area contributed by atoms with Crippen molar-refractivity contribution in [3.63, 3.8) is 0 Å². The lowest BCUT2D eigenvalue weighted by Gasteiger charge is -2.59. The zero-order chi connectivity index (χ0) is 20.5. The molecule has 0 bridgehead atoms. The third-order valence-electron chi connectivity index (χ3n) is 13.1. The third kappa shape index (κ3) is 2.89. The van der Waals surface area contributed by atoms with Crippen LogP contribution in [-0.4, -0.2) is 11.7 Å². The van der Waals surface area contributed by atoms with Crippen molar-refractivity contribution >= 4 is 0 Å². The zero-order valence-electron chi connectivity index (χ0n) is 20.0. The van der Waals surface area contributed by atoms with Gasteiger partial charge in [-0.25, -0.2) is 0 Å². The van der Waals surface area contributed by atoms with Gasteiger partial charge in [0.1, 0.15) is 0 Å². The normalized spacial score (nSPS) is 58.2. The van der Waals surface area contributed by atoms with E-state index in [2.05, 4.69) is 0 Å². The molecule has 0 saturated heterocycles. The van der Waals surface area contributed by atoms with Crippen molar-refractivity contribution in [3.05, 3.63) is 0 Å². The molecule has 0 spiro atoms. The van der Waals surface area contributed by atoms with E-state index in [1.807, 2.05) is 0 Å². The van der Waals surface area contributed by atoms with Gasteiger partial charge in [-0.05, 0) is 128 Å². The van der Waals surface area contributed by atoms with Gasteiger partial charge < -0.3 is 5.11 Å². The van der Waals surface area contributed by atoms with E-state index in [-0.39, 0.29) is 0 Å². The number of fused-ring (bicyclic) bond motifs is 13. The van der Waals surface area contributed by atoms with Crippen LogP contribution in [0.1, 0.15) is 103 Å². The number of aliphatic hydroxyl groups is 1. The second kappa shape index (κ2) is 8.02. The molecule has 1 heteroatoms. The average Bonchev–Trinajstić information content (AvgIpc) is 3.20. The summed E-state index contributed by atoms with van der Waals surface area (Å²) in [6.45, 7) is 0.531. The van der Waals surface area contributed by atoms with Crippen molar-refractivity contribution in [2.24, 2.45) is 76.9 Å². The predicted molar refractivity (Wildman–Crippen MR) is 126 cm³/mol. The fourth-order valence-corrected chi connectivity index (χ4v) is 12.7. The van der Waals surface area contributed by atoms with Gasteiger partial charge >= 0.3 is 0 Å². The Morgan fingerprint density at radius 1 is 0.355 bits per heavy atom. The predicted octanol–water partition coefficient (Wildman–Crippen LogP) is 7.33. The number of aliphatic hydroxyl groups excluding tert-OH is 1. The first-order valence-corrected chi connectivity index (χ1v) is 15.0. The van der Waals surface area contributed by atoms with Crippen LogP contribution in [-0.2, 0) is 0 Å². The molecule has 12 unspecified atom stereocenters. The molecule has 174 valence electrons. The van der Waals surface area contributed by atoms with Gasteiger partial charge in [-0.15, -0.1) is 0 Å². The molecule has 0 aromatic rings. The largest absolute Gasteiger partial charge is 0.396 e. The molecule has 1 N–H and O–H groups in total. The maximum atomic E-state index is 11.0. The summed E-state index contributed by atoms with van der Waals surface area (Å²) in [6, 6.07) is 0. The first kappa shape index (κ1) is 20.3. The minimum Gasteiger partial charge on any atom is -0.396 e. The SMILES string of the molecule is OCC1C2C3CCCCC3C3CCCCC3C2C2C3CCCCC3C3CCCCC3C12. The Kier molecular flexibility index (Phi) is 5.27. The quantitative estimate of drug-likeness (QED) is 0.467. The molecule has 7 saturated carbocycles. The van der Waals surface area contributed by atoms with Gasteiger partial charge in [-0.3, -0.25) is 0 Å². The van der Waals surface area contributed by atoms with Crippen LogP contribution in [0, 0.1) is 76.9 Å². The van der Waals surface area contributed by atoms with Crippen molar-refractivity contribution in [1.29, 1.82) is 0 Å². The number of rotatable bonds is 1. The van der Waals surface area contributed by atoms with Crippen molar-refractivity contribution < 1.29 is 5.11 Å². The first-order chi connectivity index (χ1) is 15.4. The molecule has 0 heterocycles. The van der Waals surface area contributed by atoms with Crippen LogP contribution in [0.15, 0.2) is 0 Å². The average molecular weight is 425 g/mol. The molecule has 12 atom stereocenters. The Morgan fingerprint density at radius 2 is 0.613 bits per heavy atom. The lowest BCUT2D eigenvalue weighted by molar-refractivity contribution is -0.103. The van der Waals surface area contributed by atoms with Crippen LogP contribution in [0.2, 0.25) is 0 Å². The van der Waals surface area contributed by atoms with E-state index in [4.69, 9.17) is 0 Å². The molecule has 0 amide bonds. The van der Waals surface area contributed by atoms with E-state index in [0.717, 1.165) is 71.0 Å². The monoisotopic (exact) mass is 424 g/mol. The van der Waals surface area contributed by atoms with E-state index in [9.17, 15) is 5.11 Å². The van der Waals surface area contributed by atoms with E-state index in [1.165, 1.54) is 64.2 Å². The molecule has 0 aromatic carbocycles. The highest BCUT2D eigenvalue weighted by molar-refractivity contribution is 5.14.